The molecule has 0 aromatic heterocycles. The van der Waals surface area contributed by atoms with E-state index in [1.807, 2.05) is 43.3 Å². The van der Waals surface area contributed by atoms with Gasteiger partial charge < -0.3 is 4.74 Å². The van der Waals surface area contributed by atoms with Crippen molar-refractivity contribution >= 4 is 10.8 Å². The first kappa shape index (κ1) is 20.7. The molecule has 0 bridgehead atoms. The molecule has 0 spiro atoms. The van der Waals surface area contributed by atoms with Crippen molar-refractivity contribution in [1.82, 2.24) is 0 Å². The maximum absolute atomic E-state index is 14.9. The summed E-state index contributed by atoms with van der Waals surface area (Å²) in [5.74, 6) is 6.60. The number of fused-ring (bicyclic) bond motifs is 1. The molecular weight excluding hydrogens is 383 g/mol. The lowest BCUT2D eigenvalue weighted by Gasteiger charge is -2.08. The molecular formula is C29H25FO. The van der Waals surface area contributed by atoms with Gasteiger partial charge in [-0.1, -0.05) is 54.7 Å². The van der Waals surface area contributed by atoms with Crippen LogP contribution in [0, 0.1) is 31.5 Å². The Labute approximate surface area is 183 Å². The first-order chi connectivity index (χ1) is 15.0. The van der Waals surface area contributed by atoms with Gasteiger partial charge in [-0.3, -0.25) is 0 Å². The van der Waals surface area contributed by atoms with Gasteiger partial charge in [0.15, 0.2) is 0 Å². The van der Waals surface area contributed by atoms with Crippen molar-refractivity contribution in [1.29, 1.82) is 0 Å². The molecule has 0 fully saturated rings. The third-order valence-corrected chi connectivity index (χ3v) is 5.28. The van der Waals surface area contributed by atoms with Gasteiger partial charge in [0.05, 0.1) is 12.2 Å². The quantitative estimate of drug-likeness (QED) is 0.319. The molecule has 0 amide bonds. The van der Waals surface area contributed by atoms with E-state index in [0.717, 1.165) is 39.8 Å². The number of aryl methyl sites for hydroxylation is 2. The Morgan fingerprint density at radius 1 is 0.774 bits per heavy atom. The molecule has 0 aliphatic rings. The number of ether oxygens (including phenoxy) is 1. The molecule has 0 saturated heterocycles. The fraction of sp³-hybridized carbons (Fsp3) is 0.172. The van der Waals surface area contributed by atoms with Crippen LogP contribution in [0.5, 0.6) is 5.75 Å². The zero-order valence-electron chi connectivity index (χ0n) is 18.1. The molecule has 2 heteroatoms. The smallest absolute Gasteiger partial charge is 0.139 e. The van der Waals surface area contributed by atoms with Crippen LogP contribution in [0.3, 0.4) is 0 Å². The summed E-state index contributed by atoms with van der Waals surface area (Å²) < 4.78 is 20.5. The zero-order valence-corrected chi connectivity index (χ0v) is 18.1. The minimum Gasteiger partial charge on any atom is -0.494 e. The van der Waals surface area contributed by atoms with Gasteiger partial charge in [0.1, 0.15) is 11.6 Å². The van der Waals surface area contributed by atoms with Gasteiger partial charge >= 0.3 is 0 Å². The number of halogens is 1. The summed E-state index contributed by atoms with van der Waals surface area (Å²) in [6.07, 6.45) is 0.967. The van der Waals surface area contributed by atoms with Crippen LogP contribution >= 0.6 is 0 Å². The van der Waals surface area contributed by atoms with Crippen molar-refractivity contribution in [2.45, 2.75) is 27.2 Å². The molecule has 0 atom stereocenters. The van der Waals surface area contributed by atoms with Crippen LogP contribution in [-0.2, 0) is 0 Å². The Kier molecular flexibility index (Phi) is 6.05. The standard InChI is InChI=1S/C29H25FO/c1-4-15-31-27-12-6-22(7-13-27)8-14-28-21(3)17-26(19-29(28)30)25-11-10-23-16-20(2)5-9-24(23)18-25/h5-7,9-13,16-19H,4,15H2,1-3H3. The second-order valence-corrected chi connectivity index (χ2v) is 7.84. The number of hydrogen-bond acceptors (Lipinski definition) is 1. The van der Waals surface area contributed by atoms with E-state index in [2.05, 4.69) is 56.0 Å². The molecule has 0 N–H and O–H groups in total. The van der Waals surface area contributed by atoms with Crippen LogP contribution in [0.25, 0.3) is 21.9 Å². The van der Waals surface area contributed by atoms with Gasteiger partial charge in [-0.25, -0.2) is 4.39 Å². The second kappa shape index (κ2) is 9.06. The second-order valence-electron chi connectivity index (χ2n) is 7.84. The van der Waals surface area contributed by atoms with Crippen molar-refractivity contribution < 1.29 is 9.13 Å². The van der Waals surface area contributed by atoms with E-state index < -0.39 is 0 Å². The fourth-order valence-electron chi connectivity index (χ4n) is 3.60. The average molecular weight is 409 g/mol. The Hall–Kier alpha value is -3.57. The summed E-state index contributed by atoms with van der Waals surface area (Å²) in [4.78, 5) is 0. The largest absolute Gasteiger partial charge is 0.494 e. The lowest BCUT2D eigenvalue weighted by molar-refractivity contribution is 0.317. The summed E-state index contributed by atoms with van der Waals surface area (Å²) in [6.45, 7) is 6.75. The van der Waals surface area contributed by atoms with E-state index >= 15 is 0 Å². The van der Waals surface area contributed by atoms with Gasteiger partial charge in [0.2, 0.25) is 0 Å². The van der Waals surface area contributed by atoms with Crippen molar-refractivity contribution in [2.24, 2.45) is 0 Å². The normalized spacial score (nSPS) is 10.6. The van der Waals surface area contributed by atoms with E-state index in [0.29, 0.717) is 12.2 Å². The third-order valence-electron chi connectivity index (χ3n) is 5.28. The Bertz CT molecular complexity index is 1270. The highest BCUT2D eigenvalue weighted by Crippen LogP contribution is 2.28. The topological polar surface area (TPSA) is 9.23 Å². The Morgan fingerprint density at radius 3 is 2.26 bits per heavy atom. The highest BCUT2D eigenvalue weighted by Gasteiger charge is 2.09. The molecule has 0 aliphatic heterocycles. The summed E-state index contributed by atoms with van der Waals surface area (Å²) in [5.41, 5.74) is 5.19. The van der Waals surface area contributed by atoms with Crippen molar-refractivity contribution in [3.63, 3.8) is 0 Å². The number of hydrogen-bond donors (Lipinski definition) is 0. The highest BCUT2D eigenvalue weighted by molar-refractivity contribution is 5.88. The van der Waals surface area contributed by atoms with Crippen LogP contribution in [0.15, 0.2) is 72.8 Å². The minimum atomic E-state index is -0.297. The van der Waals surface area contributed by atoms with Crippen molar-refractivity contribution in [3.8, 4) is 28.7 Å². The SMILES string of the molecule is CCCOc1ccc(C#Cc2c(C)cc(-c3ccc4cc(C)ccc4c3)cc2F)cc1. The van der Waals surface area contributed by atoms with Gasteiger partial charge in [-0.15, -0.1) is 0 Å². The Morgan fingerprint density at radius 2 is 1.52 bits per heavy atom. The van der Waals surface area contributed by atoms with E-state index in [9.17, 15) is 4.39 Å². The molecule has 0 aliphatic carbocycles. The molecule has 4 aromatic rings. The highest BCUT2D eigenvalue weighted by atomic mass is 19.1. The first-order valence-corrected chi connectivity index (χ1v) is 10.6. The predicted octanol–water partition coefficient (Wildman–Crippen LogP) is 7.45. The summed E-state index contributed by atoms with van der Waals surface area (Å²) >= 11 is 0. The maximum Gasteiger partial charge on any atom is 0.139 e. The molecule has 0 saturated carbocycles. The van der Waals surface area contributed by atoms with E-state index in [-0.39, 0.29) is 5.82 Å². The summed E-state index contributed by atoms with van der Waals surface area (Å²) in [6, 6.07) is 23.8. The van der Waals surface area contributed by atoms with E-state index in [4.69, 9.17) is 4.74 Å². The molecule has 154 valence electrons. The van der Waals surface area contributed by atoms with Crippen LogP contribution in [0.4, 0.5) is 4.39 Å². The minimum absolute atomic E-state index is 0.297. The van der Waals surface area contributed by atoms with Crippen molar-refractivity contribution in [3.05, 3.63) is 101 Å². The van der Waals surface area contributed by atoms with Gasteiger partial charge in [0.25, 0.3) is 0 Å². The summed E-state index contributed by atoms with van der Waals surface area (Å²) in [7, 11) is 0. The fourth-order valence-corrected chi connectivity index (χ4v) is 3.60. The predicted molar refractivity (Wildman–Crippen MR) is 127 cm³/mol. The molecule has 0 radical (unpaired) electrons. The monoisotopic (exact) mass is 408 g/mol. The van der Waals surface area contributed by atoms with E-state index in [1.165, 1.54) is 10.9 Å². The van der Waals surface area contributed by atoms with Gasteiger partial charge in [0, 0.05) is 5.56 Å². The molecule has 4 rings (SSSR count). The van der Waals surface area contributed by atoms with Gasteiger partial charge in [-0.05, 0) is 90.2 Å². The zero-order chi connectivity index (χ0) is 21.8. The van der Waals surface area contributed by atoms with Crippen LogP contribution < -0.4 is 4.74 Å². The third kappa shape index (κ3) is 4.78. The van der Waals surface area contributed by atoms with Crippen LogP contribution in [0.2, 0.25) is 0 Å². The molecule has 0 unspecified atom stereocenters. The van der Waals surface area contributed by atoms with Crippen LogP contribution in [0.1, 0.15) is 35.6 Å². The summed E-state index contributed by atoms with van der Waals surface area (Å²) in [5, 5.41) is 2.34. The molecule has 0 heterocycles. The maximum atomic E-state index is 14.9. The number of benzene rings is 4. The number of rotatable bonds is 4. The molecule has 4 aromatic carbocycles. The lowest BCUT2D eigenvalue weighted by atomic mass is 9.96. The van der Waals surface area contributed by atoms with Crippen LogP contribution in [-0.4, -0.2) is 6.61 Å². The Balaban J connectivity index is 1.61. The average Bonchev–Trinajstić information content (AvgIpc) is 2.77. The van der Waals surface area contributed by atoms with Crippen molar-refractivity contribution in [2.75, 3.05) is 6.61 Å². The van der Waals surface area contributed by atoms with Gasteiger partial charge in [-0.2, -0.15) is 0 Å². The lowest BCUT2D eigenvalue weighted by Crippen LogP contribution is -1.94. The first-order valence-electron chi connectivity index (χ1n) is 10.6. The molecule has 31 heavy (non-hydrogen) atoms. The van der Waals surface area contributed by atoms with E-state index in [1.54, 1.807) is 6.07 Å². The molecule has 1 nitrogen and oxygen atoms in total.